The molecule has 0 aromatic heterocycles. The summed E-state index contributed by atoms with van der Waals surface area (Å²) >= 11 is 0. The van der Waals surface area contributed by atoms with E-state index >= 15 is 0 Å². The van der Waals surface area contributed by atoms with E-state index in [1.807, 2.05) is 6.92 Å². The molecular formula is C12H17FN2O4S. The summed E-state index contributed by atoms with van der Waals surface area (Å²) in [5.74, 6) is -1.95. The second-order valence-corrected chi connectivity index (χ2v) is 5.93. The number of halogens is 1. The number of aliphatic carboxylic acids is 1. The summed E-state index contributed by atoms with van der Waals surface area (Å²) in [6.07, 6.45) is 1.85. The third kappa shape index (κ3) is 4.46. The fraction of sp³-hybridized carbons (Fsp3) is 0.417. The molecule has 0 aliphatic carbocycles. The Labute approximate surface area is 116 Å². The average molecular weight is 304 g/mol. The summed E-state index contributed by atoms with van der Waals surface area (Å²) in [6.45, 7) is 1.92. The van der Waals surface area contributed by atoms with Crippen LogP contribution in [0.15, 0.2) is 23.1 Å². The molecule has 0 amide bonds. The van der Waals surface area contributed by atoms with Crippen LogP contribution in [0.2, 0.25) is 0 Å². The van der Waals surface area contributed by atoms with Gasteiger partial charge in [-0.25, -0.2) is 22.7 Å². The van der Waals surface area contributed by atoms with Gasteiger partial charge in [-0.05, 0) is 24.6 Å². The van der Waals surface area contributed by atoms with E-state index in [0.29, 0.717) is 12.8 Å². The molecule has 0 spiro atoms. The minimum absolute atomic E-state index is 0.0686. The number of unbranched alkanes of at least 4 members (excludes halogenated alkanes) is 1. The van der Waals surface area contributed by atoms with E-state index in [4.69, 9.17) is 10.2 Å². The van der Waals surface area contributed by atoms with Gasteiger partial charge in [-0.15, -0.1) is 0 Å². The third-order valence-corrected chi connectivity index (χ3v) is 3.65. The molecule has 1 aromatic carbocycles. The lowest BCUT2D eigenvalue weighted by molar-refractivity contribution is -0.138. The molecule has 0 saturated heterocycles. The highest BCUT2D eigenvalue weighted by Crippen LogP contribution is 2.20. The second-order valence-electron chi connectivity index (χ2n) is 4.36. The minimum atomic E-state index is -3.99. The van der Waals surface area contributed by atoms with E-state index in [2.05, 4.69) is 5.32 Å². The smallest absolute Gasteiger partial charge is 0.326 e. The van der Waals surface area contributed by atoms with Gasteiger partial charge in [0.1, 0.15) is 11.9 Å². The number of carboxylic acid groups (broad SMARTS) is 1. The first-order valence-corrected chi connectivity index (χ1v) is 7.62. The number of sulfonamides is 1. The average Bonchev–Trinajstić information content (AvgIpc) is 2.34. The van der Waals surface area contributed by atoms with Crippen molar-refractivity contribution in [2.24, 2.45) is 5.14 Å². The monoisotopic (exact) mass is 304 g/mol. The van der Waals surface area contributed by atoms with Crippen LogP contribution in [-0.4, -0.2) is 25.5 Å². The zero-order chi connectivity index (χ0) is 15.3. The van der Waals surface area contributed by atoms with Crippen molar-refractivity contribution in [3.8, 4) is 0 Å². The standard InChI is InChI=1S/C12H17FN2O4S/c1-2-3-4-11(12(16)17)15-10-6-5-8(7-9(10)13)20(14,18)19/h5-7,11,15H,2-4H2,1H3,(H,16,17)(H2,14,18,19). The molecule has 0 saturated carbocycles. The van der Waals surface area contributed by atoms with Crippen LogP contribution in [0, 0.1) is 5.82 Å². The molecule has 0 fully saturated rings. The van der Waals surface area contributed by atoms with Crippen molar-refractivity contribution in [1.29, 1.82) is 0 Å². The van der Waals surface area contributed by atoms with Gasteiger partial charge in [-0.3, -0.25) is 0 Å². The van der Waals surface area contributed by atoms with Crippen LogP contribution in [0.25, 0.3) is 0 Å². The van der Waals surface area contributed by atoms with Crippen molar-refractivity contribution in [3.63, 3.8) is 0 Å². The van der Waals surface area contributed by atoms with E-state index in [0.717, 1.165) is 24.6 Å². The Morgan fingerprint density at radius 3 is 2.60 bits per heavy atom. The van der Waals surface area contributed by atoms with Crippen molar-refractivity contribution in [2.45, 2.75) is 37.1 Å². The van der Waals surface area contributed by atoms with Crippen LogP contribution in [0.1, 0.15) is 26.2 Å². The fourth-order valence-corrected chi connectivity index (χ4v) is 2.17. The number of hydrogen-bond acceptors (Lipinski definition) is 4. The summed E-state index contributed by atoms with van der Waals surface area (Å²) in [5.41, 5.74) is -0.0686. The predicted octanol–water partition coefficient (Wildman–Crippen LogP) is 1.53. The largest absolute Gasteiger partial charge is 0.480 e. The number of anilines is 1. The Balaban J connectivity index is 2.94. The number of carbonyl (C=O) groups is 1. The number of benzene rings is 1. The van der Waals surface area contributed by atoms with Crippen LogP contribution in [0.3, 0.4) is 0 Å². The summed E-state index contributed by atoms with van der Waals surface area (Å²) in [6, 6.07) is 2.12. The molecule has 6 nitrogen and oxygen atoms in total. The van der Waals surface area contributed by atoms with Crippen LogP contribution in [-0.2, 0) is 14.8 Å². The number of hydrogen-bond donors (Lipinski definition) is 3. The molecule has 8 heteroatoms. The van der Waals surface area contributed by atoms with Crippen LogP contribution >= 0.6 is 0 Å². The second kappa shape index (κ2) is 6.67. The van der Waals surface area contributed by atoms with Crippen LogP contribution < -0.4 is 10.5 Å². The fourth-order valence-electron chi connectivity index (χ4n) is 1.64. The Morgan fingerprint density at radius 1 is 1.50 bits per heavy atom. The quantitative estimate of drug-likeness (QED) is 0.707. The van der Waals surface area contributed by atoms with E-state index in [1.165, 1.54) is 0 Å². The molecule has 1 aromatic rings. The number of nitrogens with two attached hydrogens (primary N) is 1. The summed E-state index contributed by atoms with van der Waals surface area (Å²) in [5, 5.41) is 16.5. The first-order valence-electron chi connectivity index (χ1n) is 6.07. The van der Waals surface area contributed by atoms with E-state index < -0.39 is 27.9 Å². The molecule has 1 unspecified atom stereocenters. The molecule has 112 valence electrons. The maximum absolute atomic E-state index is 13.8. The van der Waals surface area contributed by atoms with Gasteiger partial charge >= 0.3 is 5.97 Å². The Hall–Kier alpha value is -1.67. The predicted molar refractivity (Wildman–Crippen MR) is 72.3 cm³/mol. The number of nitrogens with one attached hydrogen (secondary N) is 1. The Kier molecular flexibility index (Phi) is 5.46. The van der Waals surface area contributed by atoms with E-state index in [-0.39, 0.29) is 10.6 Å². The molecule has 1 atom stereocenters. The number of carboxylic acids is 1. The Bertz CT molecular complexity index is 589. The van der Waals surface area contributed by atoms with Gasteiger partial charge in [-0.2, -0.15) is 0 Å². The van der Waals surface area contributed by atoms with Gasteiger partial charge in [0.05, 0.1) is 10.6 Å². The molecule has 0 aliphatic heterocycles. The maximum Gasteiger partial charge on any atom is 0.326 e. The molecule has 0 radical (unpaired) electrons. The highest BCUT2D eigenvalue weighted by atomic mass is 32.2. The van der Waals surface area contributed by atoms with Crippen molar-refractivity contribution in [1.82, 2.24) is 0 Å². The molecule has 0 heterocycles. The minimum Gasteiger partial charge on any atom is -0.480 e. The van der Waals surface area contributed by atoms with Crippen molar-refractivity contribution < 1.29 is 22.7 Å². The van der Waals surface area contributed by atoms with Crippen molar-refractivity contribution >= 4 is 21.7 Å². The maximum atomic E-state index is 13.8. The van der Waals surface area contributed by atoms with Gasteiger partial charge in [0, 0.05) is 0 Å². The Morgan fingerprint density at radius 2 is 2.15 bits per heavy atom. The molecular weight excluding hydrogens is 287 g/mol. The first-order chi connectivity index (χ1) is 9.25. The first kappa shape index (κ1) is 16.4. The van der Waals surface area contributed by atoms with Crippen molar-refractivity contribution in [2.75, 3.05) is 5.32 Å². The van der Waals surface area contributed by atoms with E-state index in [1.54, 1.807) is 0 Å². The normalized spacial score (nSPS) is 12.9. The lowest BCUT2D eigenvalue weighted by atomic mass is 10.1. The van der Waals surface area contributed by atoms with Gasteiger partial charge < -0.3 is 10.4 Å². The third-order valence-electron chi connectivity index (χ3n) is 2.74. The molecule has 1 rings (SSSR count). The van der Waals surface area contributed by atoms with Gasteiger partial charge in [0.2, 0.25) is 10.0 Å². The lowest BCUT2D eigenvalue weighted by Crippen LogP contribution is -2.29. The van der Waals surface area contributed by atoms with Crippen molar-refractivity contribution in [3.05, 3.63) is 24.0 Å². The molecule has 0 bridgehead atoms. The summed E-state index contributed by atoms with van der Waals surface area (Å²) in [7, 11) is -3.99. The highest BCUT2D eigenvalue weighted by molar-refractivity contribution is 7.89. The molecule has 20 heavy (non-hydrogen) atoms. The summed E-state index contributed by atoms with van der Waals surface area (Å²) < 4.78 is 35.9. The van der Waals surface area contributed by atoms with Gasteiger partial charge in [-0.1, -0.05) is 19.8 Å². The van der Waals surface area contributed by atoms with E-state index in [9.17, 15) is 17.6 Å². The van der Waals surface area contributed by atoms with Gasteiger partial charge in [0.15, 0.2) is 0 Å². The lowest BCUT2D eigenvalue weighted by Gasteiger charge is -2.16. The zero-order valence-corrected chi connectivity index (χ0v) is 11.8. The molecule has 0 aliphatic rings. The topological polar surface area (TPSA) is 109 Å². The zero-order valence-electron chi connectivity index (χ0n) is 11.0. The highest BCUT2D eigenvalue weighted by Gasteiger charge is 2.19. The SMILES string of the molecule is CCCCC(Nc1ccc(S(N)(=O)=O)cc1F)C(=O)O. The number of rotatable bonds is 7. The van der Waals surface area contributed by atoms with Gasteiger partial charge in [0.25, 0.3) is 0 Å². The van der Waals surface area contributed by atoms with Crippen LogP contribution in [0.4, 0.5) is 10.1 Å². The molecule has 4 N–H and O–H groups in total. The van der Waals surface area contributed by atoms with Crippen LogP contribution in [0.5, 0.6) is 0 Å². The number of primary sulfonamides is 1. The summed E-state index contributed by atoms with van der Waals surface area (Å²) in [4.78, 5) is 10.7.